The van der Waals surface area contributed by atoms with Crippen molar-refractivity contribution in [1.29, 1.82) is 0 Å². The van der Waals surface area contributed by atoms with Gasteiger partial charge in [-0.05, 0) is 5.41 Å². The summed E-state index contributed by atoms with van der Waals surface area (Å²) in [5, 5.41) is 0. The van der Waals surface area contributed by atoms with Crippen LogP contribution in [0.2, 0.25) is 0 Å². The Morgan fingerprint density at radius 1 is 1.50 bits per heavy atom. The van der Waals surface area contributed by atoms with Gasteiger partial charge in [0, 0.05) is 12.8 Å². The summed E-state index contributed by atoms with van der Waals surface area (Å²) in [5.41, 5.74) is -0.173. The van der Waals surface area contributed by atoms with Crippen LogP contribution in [0, 0.1) is 5.41 Å². The monoisotopic (exact) mass is 228 g/mol. The number of carbonyl (C=O) groups is 1. The van der Waals surface area contributed by atoms with Crippen molar-refractivity contribution in [3.05, 3.63) is 0 Å². The fourth-order valence-corrected chi connectivity index (χ4v) is 2.46. The third kappa shape index (κ3) is 1.47. The van der Waals surface area contributed by atoms with Crippen molar-refractivity contribution in [3.8, 4) is 0 Å². The van der Waals surface area contributed by atoms with Crippen molar-refractivity contribution < 1.29 is 4.79 Å². The second-order valence-electron chi connectivity index (χ2n) is 3.88. The first kappa shape index (κ1) is 10.6. The number of hydrogen-bond acceptors (Lipinski definition) is 1. The van der Waals surface area contributed by atoms with Gasteiger partial charge in [-0.1, -0.05) is 13.8 Å². The second kappa shape index (κ2) is 3.04. The van der Waals surface area contributed by atoms with Crippen LogP contribution in [0.1, 0.15) is 26.7 Å². The molecule has 12 heavy (non-hydrogen) atoms. The first-order valence-corrected chi connectivity index (χ1v) is 5.05. The molecule has 1 fully saturated rings. The summed E-state index contributed by atoms with van der Waals surface area (Å²) >= 11 is 17.3. The normalized spacial score (nSPS) is 33.7. The molecule has 0 saturated heterocycles. The molecule has 0 N–H and O–H groups in total. The molecule has 1 nitrogen and oxygen atoms in total. The topological polar surface area (TPSA) is 17.1 Å². The number of carbonyl (C=O) groups excluding carboxylic acids is 1. The average Bonchev–Trinajstić information content (AvgIpc) is 1.85. The zero-order valence-corrected chi connectivity index (χ0v) is 9.30. The van der Waals surface area contributed by atoms with E-state index in [9.17, 15) is 4.79 Å². The Morgan fingerprint density at radius 2 is 2.00 bits per heavy atom. The predicted molar refractivity (Wildman–Crippen MR) is 52.1 cm³/mol. The summed E-state index contributed by atoms with van der Waals surface area (Å²) in [7, 11) is 0. The number of halogens is 3. The van der Waals surface area contributed by atoms with Crippen molar-refractivity contribution >= 4 is 40.6 Å². The fraction of sp³-hybridized carbons (Fsp3) is 0.875. The molecule has 1 atom stereocenters. The molecule has 70 valence electrons. The Morgan fingerprint density at radius 3 is 2.17 bits per heavy atom. The molecule has 0 spiro atoms. The van der Waals surface area contributed by atoms with Crippen LogP contribution in [0.25, 0.3) is 0 Å². The first-order chi connectivity index (χ1) is 5.29. The molecule has 1 aliphatic carbocycles. The Labute approximate surface area is 87.4 Å². The van der Waals surface area contributed by atoms with Crippen LogP contribution in [0.5, 0.6) is 0 Å². The highest BCUT2D eigenvalue weighted by Gasteiger charge is 2.59. The molecule has 0 aromatic heterocycles. The average molecular weight is 230 g/mol. The molecule has 1 aliphatic rings. The number of hydrogen-bond donors (Lipinski definition) is 0. The Bertz CT molecular complexity index is 212. The second-order valence-corrected chi connectivity index (χ2v) is 5.80. The van der Waals surface area contributed by atoms with Crippen molar-refractivity contribution in [2.24, 2.45) is 5.41 Å². The molecule has 0 radical (unpaired) electrons. The number of alkyl halides is 3. The third-order valence-electron chi connectivity index (χ3n) is 2.55. The zero-order chi connectivity index (χ0) is 9.57. The lowest BCUT2D eigenvalue weighted by molar-refractivity contribution is -0.137. The summed E-state index contributed by atoms with van der Waals surface area (Å²) in [6, 6.07) is 0. The molecule has 0 heterocycles. The van der Waals surface area contributed by atoms with Crippen LogP contribution in [-0.2, 0) is 4.79 Å². The van der Waals surface area contributed by atoms with Crippen molar-refractivity contribution in [2.45, 2.75) is 36.4 Å². The fourth-order valence-electron chi connectivity index (χ4n) is 1.56. The number of Topliss-reactive ketones (excluding diaryl/α,β-unsaturated/α-hetero) is 1. The van der Waals surface area contributed by atoms with E-state index in [0.29, 0.717) is 12.8 Å². The van der Waals surface area contributed by atoms with Gasteiger partial charge in [-0.3, -0.25) is 4.79 Å². The smallest absolute Gasteiger partial charge is 0.155 e. The van der Waals surface area contributed by atoms with Gasteiger partial charge in [0.05, 0.1) is 0 Å². The van der Waals surface area contributed by atoms with Gasteiger partial charge < -0.3 is 0 Å². The molecule has 0 aromatic carbocycles. The van der Waals surface area contributed by atoms with Crippen LogP contribution in [0.15, 0.2) is 0 Å². The van der Waals surface area contributed by atoms with Gasteiger partial charge in [0.25, 0.3) is 0 Å². The van der Waals surface area contributed by atoms with Gasteiger partial charge in [-0.2, -0.15) is 0 Å². The molecule has 1 rings (SSSR count). The van der Waals surface area contributed by atoms with E-state index < -0.39 is 9.71 Å². The first-order valence-electron chi connectivity index (χ1n) is 3.80. The number of rotatable bonds is 2. The summed E-state index contributed by atoms with van der Waals surface area (Å²) < 4.78 is 0. The minimum absolute atomic E-state index is 0.0560. The molecule has 0 aliphatic heterocycles. The van der Waals surface area contributed by atoms with E-state index in [4.69, 9.17) is 34.8 Å². The van der Waals surface area contributed by atoms with Crippen LogP contribution in [0.3, 0.4) is 0 Å². The molecule has 4 heteroatoms. The molecular weight excluding hydrogens is 218 g/mol. The zero-order valence-electron chi connectivity index (χ0n) is 7.03. The van der Waals surface area contributed by atoms with Crippen LogP contribution in [-0.4, -0.2) is 15.5 Å². The van der Waals surface area contributed by atoms with Gasteiger partial charge in [0.15, 0.2) is 5.78 Å². The van der Waals surface area contributed by atoms with Crippen LogP contribution in [0.4, 0.5) is 0 Å². The van der Waals surface area contributed by atoms with E-state index in [1.165, 1.54) is 0 Å². The summed E-state index contributed by atoms with van der Waals surface area (Å²) in [6.45, 7) is 3.91. The summed E-state index contributed by atoms with van der Waals surface area (Å²) in [5.74, 6) is 0.0560. The van der Waals surface area contributed by atoms with Crippen molar-refractivity contribution in [1.82, 2.24) is 0 Å². The summed E-state index contributed by atoms with van der Waals surface area (Å²) in [6.07, 6.45) is 0.862. The molecule has 0 amide bonds. The quantitative estimate of drug-likeness (QED) is 0.665. The minimum Gasteiger partial charge on any atom is -0.298 e. The molecule has 0 aromatic rings. The summed E-state index contributed by atoms with van der Waals surface area (Å²) in [4.78, 5) is 9.86. The van der Waals surface area contributed by atoms with Gasteiger partial charge >= 0.3 is 0 Å². The lowest BCUT2D eigenvalue weighted by Crippen LogP contribution is -2.59. The highest BCUT2D eigenvalue weighted by Crippen LogP contribution is 2.54. The van der Waals surface area contributed by atoms with Crippen molar-refractivity contribution in [2.75, 3.05) is 0 Å². The predicted octanol–water partition coefficient (Wildman–Crippen LogP) is 3.16. The molecule has 0 bridgehead atoms. The maximum atomic E-state index is 11.3. The van der Waals surface area contributed by atoms with Crippen LogP contribution >= 0.6 is 34.8 Å². The van der Waals surface area contributed by atoms with E-state index in [1.54, 1.807) is 0 Å². The SMILES string of the molecule is CC1(C)CC(=O)C1(Cl)CC(Cl)Cl. The van der Waals surface area contributed by atoms with E-state index in [2.05, 4.69) is 0 Å². The maximum Gasteiger partial charge on any atom is 0.155 e. The van der Waals surface area contributed by atoms with E-state index in [1.807, 2.05) is 13.8 Å². The Kier molecular flexibility index (Phi) is 2.69. The standard InChI is InChI=1S/C8H11Cl3O/c1-7(2)3-5(12)8(7,11)4-6(9)10/h6H,3-4H2,1-2H3. The number of ketones is 1. The third-order valence-corrected chi connectivity index (χ3v) is 3.74. The van der Waals surface area contributed by atoms with E-state index >= 15 is 0 Å². The Hall–Kier alpha value is 0.540. The highest BCUT2D eigenvalue weighted by molar-refractivity contribution is 6.46. The maximum absolute atomic E-state index is 11.3. The van der Waals surface area contributed by atoms with Gasteiger partial charge in [-0.25, -0.2) is 0 Å². The van der Waals surface area contributed by atoms with Gasteiger partial charge in [-0.15, -0.1) is 34.8 Å². The highest BCUT2D eigenvalue weighted by atomic mass is 35.5. The van der Waals surface area contributed by atoms with Crippen molar-refractivity contribution in [3.63, 3.8) is 0 Å². The van der Waals surface area contributed by atoms with E-state index in [0.717, 1.165) is 0 Å². The van der Waals surface area contributed by atoms with Gasteiger partial charge in [0.1, 0.15) is 9.71 Å². The van der Waals surface area contributed by atoms with Gasteiger partial charge in [0.2, 0.25) is 0 Å². The molecule has 1 unspecified atom stereocenters. The minimum atomic E-state index is -0.832. The molecule has 1 saturated carbocycles. The van der Waals surface area contributed by atoms with E-state index in [-0.39, 0.29) is 11.2 Å². The van der Waals surface area contributed by atoms with Crippen LogP contribution < -0.4 is 0 Å². The lowest BCUT2D eigenvalue weighted by atomic mass is 9.60. The molecular formula is C8H11Cl3O. The largest absolute Gasteiger partial charge is 0.298 e. The lowest BCUT2D eigenvalue weighted by Gasteiger charge is -2.50. The Balaban J connectivity index is 2.75.